The van der Waals surface area contributed by atoms with Gasteiger partial charge in [0.15, 0.2) is 0 Å². The normalized spacial score (nSPS) is 13.3. The van der Waals surface area contributed by atoms with E-state index in [0.717, 1.165) is 38.5 Å². The lowest BCUT2D eigenvalue weighted by atomic mass is 10.0. The number of rotatable bonds is 45. The van der Waals surface area contributed by atoms with Crippen molar-refractivity contribution < 1.29 is 15.0 Å². The minimum Gasteiger partial charge on any atom is -0.394 e. The van der Waals surface area contributed by atoms with Crippen molar-refractivity contribution in [3.05, 3.63) is 48.6 Å². The summed E-state index contributed by atoms with van der Waals surface area (Å²) in [5.74, 6) is -0.0789. The van der Waals surface area contributed by atoms with E-state index in [4.69, 9.17) is 0 Å². The summed E-state index contributed by atoms with van der Waals surface area (Å²) in [4.78, 5) is 12.4. The molecule has 1 amide bonds. The van der Waals surface area contributed by atoms with Gasteiger partial charge >= 0.3 is 0 Å². The lowest BCUT2D eigenvalue weighted by Gasteiger charge is -2.19. The van der Waals surface area contributed by atoms with Crippen LogP contribution in [-0.2, 0) is 4.79 Å². The average molecular weight is 784 g/mol. The van der Waals surface area contributed by atoms with E-state index in [1.54, 1.807) is 6.08 Å². The maximum absolute atomic E-state index is 12.4. The monoisotopic (exact) mass is 784 g/mol. The first-order chi connectivity index (χ1) is 27.7. The van der Waals surface area contributed by atoms with Crippen molar-refractivity contribution in [3.63, 3.8) is 0 Å². The van der Waals surface area contributed by atoms with Crippen molar-refractivity contribution in [2.45, 2.75) is 270 Å². The molecule has 4 nitrogen and oxygen atoms in total. The van der Waals surface area contributed by atoms with Gasteiger partial charge in [0.05, 0.1) is 18.8 Å². The Balaban J connectivity index is 3.58. The standard InChI is InChI=1S/C52H97NO3/c1-3-5-7-9-11-13-15-17-19-21-23-24-25-26-27-28-30-32-34-36-38-40-42-44-46-48-52(56)53-50(49-54)51(55)47-45-43-41-39-37-35-33-31-29-22-20-18-16-14-12-10-8-6-4-2/h26-27,29,31,37,39,45,47,50-51,54-55H,3-25,28,30,32-36,38,40-44,46,48-49H2,1-2H3,(H,53,56)/b27-26-,31-29+,39-37+,47-45+. The van der Waals surface area contributed by atoms with Crippen molar-refractivity contribution >= 4 is 5.91 Å². The van der Waals surface area contributed by atoms with E-state index in [-0.39, 0.29) is 12.5 Å². The summed E-state index contributed by atoms with van der Waals surface area (Å²) < 4.78 is 0. The predicted octanol–water partition coefficient (Wildman–Crippen LogP) is 15.9. The average Bonchev–Trinajstić information content (AvgIpc) is 3.20. The van der Waals surface area contributed by atoms with Crippen LogP contribution in [-0.4, -0.2) is 34.9 Å². The Bertz CT molecular complexity index is 893. The Kier molecular flexibility index (Phi) is 46.3. The van der Waals surface area contributed by atoms with Crippen molar-refractivity contribution in [3.8, 4) is 0 Å². The molecule has 0 saturated carbocycles. The quantitative estimate of drug-likeness (QED) is 0.0425. The van der Waals surface area contributed by atoms with Gasteiger partial charge in [-0.1, -0.05) is 229 Å². The number of aliphatic hydroxyl groups is 2. The highest BCUT2D eigenvalue weighted by Crippen LogP contribution is 2.15. The van der Waals surface area contributed by atoms with E-state index >= 15 is 0 Å². The second-order valence-electron chi connectivity index (χ2n) is 16.9. The van der Waals surface area contributed by atoms with Gasteiger partial charge in [0.1, 0.15) is 0 Å². The maximum Gasteiger partial charge on any atom is 0.220 e. The molecule has 4 heteroatoms. The van der Waals surface area contributed by atoms with Crippen molar-refractivity contribution in [1.82, 2.24) is 5.32 Å². The molecule has 0 saturated heterocycles. The van der Waals surface area contributed by atoms with E-state index in [1.165, 1.54) is 199 Å². The molecule has 0 aliphatic carbocycles. The Morgan fingerprint density at radius 1 is 0.411 bits per heavy atom. The van der Waals surface area contributed by atoms with Crippen LogP contribution in [0, 0.1) is 0 Å². The number of aliphatic hydroxyl groups excluding tert-OH is 2. The Morgan fingerprint density at radius 2 is 0.696 bits per heavy atom. The van der Waals surface area contributed by atoms with Gasteiger partial charge in [0, 0.05) is 6.42 Å². The maximum atomic E-state index is 12.4. The first-order valence-corrected chi connectivity index (χ1v) is 24.9. The Hall–Kier alpha value is -1.65. The number of carbonyl (C=O) groups excluding carboxylic acids is 1. The third-order valence-electron chi connectivity index (χ3n) is 11.3. The molecule has 0 heterocycles. The molecule has 328 valence electrons. The Morgan fingerprint density at radius 3 is 1.04 bits per heavy atom. The molecule has 0 spiro atoms. The van der Waals surface area contributed by atoms with Gasteiger partial charge in [0.2, 0.25) is 5.91 Å². The van der Waals surface area contributed by atoms with Crippen molar-refractivity contribution in [2.24, 2.45) is 0 Å². The van der Waals surface area contributed by atoms with E-state index in [2.05, 4.69) is 55.6 Å². The summed E-state index contributed by atoms with van der Waals surface area (Å²) in [6.45, 7) is 4.31. The third-order valence-corrected chi connectivity index (χ3v) is 11.3. The van der Waals surface area contributed by atoms with E-state index in [1.807, 2.05) is 6.08 Å². The number of hydrogen-bond acceptors (Lipinski definition) is 3. The summed E-state index contributed by atoms with van der Waals surface area (Å²) in [7, 11) is 0. The van der Waals surface area contributed by atoms with Crippen LogP contribution in [0.15, 0.2) is 48.6 Å². The zero-order valence-electron chi connectivity index (χ0n) is 37.7. The molecule has 0 rings (SSSR count). The van der Waals surface area contributed by atoms with Crippen LogP contribution < -0.4 is 5.32 Å². The molecular formula is C52H97NO3. The molecule has 0 fully saturated rings. The second-order valence-corrected chi connectivity index (χ2v) is 16.9. The van der Waals surface area contributed by atoms with Crippen LogP contribution in [0.2, 0.25) is 0 Å². The van der Waals surface area contributed by atoms with E-state index < -0.39 is 12.1 Å². The zero-order valence-corrected chi connectivity index (χ0v) is 37.7. The number of carbonyl (C=O) groups is 1. The lowest BCUT2D eigenvalue weighted by molar-refractivity contribution is -0.123. The Labute approximate surface area is 350 Å². The van der Waals surface area contributed by atoms with Crippen LogP contribution in [0.3, 0.4) is 0 Å². The van der Waals surface area contributed by atoms with Crippen molar-refractivity contribution in [2.75, 3.05) is 6.61 Å². The molecule has 0 aromatic heterocycles. The lowest BCUT2D eigenvalue weighted by Crippen LogP contribution is -2.45. The van der Waals surface area contributed by atoms with Gasteiger partial charge in [-0.25, -0.2) is 0 Å². The van der Waals surface area contributed by atoms with Gasteiger partial charge in [-0.2, -0.15) is 0 Å². The molecule has 0 bridgehead atoms. The summed E-state index contributed by atoms with van der Waals surface area (Å²) in [5, 5.41) is 23.0. The number of allylic oxidation sites excluding steroid dienone is 7. The summed E-state index contributed by atoms with van der Waals surface area (Å²) in [6.07, 6.45) is 65.3. The van der Waals surface area contributed by atoms with Crippen molar-refractivity contribution in [1.29, 1.82) is 0 Å². The van der Waals surface area contributed by atoms with Gasteiger partial charge < -0.3 is 15.5 Å². The van der Waals surface area contributed by atoms with Gasteiger partial charge in [-0.05, 0) is 70.6 Å². The molecule has 0 aliphatic heterocycles. The van der Waals surface area contributed by atoms with E-state index in [0.29, 0.717) is 6.42 Å². The number of nitrogens with one attached hydrogen (secondary N) is 1. The summed E-state index contributed by atoms with van der Waals surface area (Å²) in [5.41, 5.74) is 0. The summed E-state index contributed by atoms with van der Waals surface area (Å²) >= 11 is 0. The third kappa shape index (κ3) is 43.5. The number of unbranched alkanes of at least 4 members (excludes halogenated alkanes) is 32. The highest BCUT2D eigenvalue weighted by Gasteiger charge is 2.17. The van der Waals surface area contributed by atoms with Crippen LogP contribution in [0.25, 0.3) is 0 Å². The fraction of sp³-hybridized carbons (Fsp3) is 0.827. The molecule has 2 atom stereocenters. The minimum atomic E-state index is -0.871. The molecule has 56 heavy (non-hydrogen) atoms. The summed E-state index contributed by atoms with van der Waals surface area (Å²) in [6, 6.07) is -0.647. The largest absolute Gasteiger partial charge is 0.394 e. The van der Waals surface area contributed by atoms with Gasteiger partial charge in [-0.3, -0.25) is 4.79 Å². The molecule has 0 aromatic rings. The number of amides is 1. The first kappa shape index (κ1) is 54.3. The van der Waals surface area contributed by atoms with Gasteiger partial charge in [0.25, 0.3) is 0 Å². The topological polar surface area (TPSA) is 69.6 Å². The highest BCUT2D eigenvalue weighted by molar-refractivity contribution is 5.76. The smallest absolute Gasteiger partial charge is 0.220 e. The molecular weight excluding hydrogens is 687 g/mol. The van der Waals surface area contributed by atoms with Gasteiger partial charge in [-0.15, -0.1) is 0 Å². The fourth-order valence-electron chi connectivity index (χ4n) is 7.44. The number of hydrogen-bond donors (Lipinski definition) is 3. The SMILES string of the molecule is CCCCCCCCCCC/C=C/CC/C=C/CC/C=C/C(O)C(CO)NC(=O)CCCCCCCCCCC/C=C\CCCCCCCCCCCCCC. The van der Waals surface area contributed by atoms with Crippen LogP contribution in [0.5, 0.6) is 0 Å². The first-order valence-electron chi connectivity index (χ1n) is 24.9. The molecule has 3 N–H and O–H groups in total. The molecule has 0 aromatic carbocycles. The fourth-order valence-corrected chi connectivity index (χ4v) is 7.44. The second kappa shape index (κ2) is 47.7. The van der Waals surface area contributed by atoms with Crippen LogP contribution >= 0.6 is 0 Å². The van der Waals surface area contributed by atoms with Crippen LogP contribution in [0.1, 0.15) is 258 Å². The van der Waals surface area contributed by atoms with E-state index in [9.17, 15) is 15.0 Å². The predicted molar refractivity (Wildman–Crippen MR) is 248 cm³/mol. The zero-order chi connectivity index (χ0) is 40.7. The molecule has 0 radical (unpaired) electrons. The highest BCUT2D eigenvalue weighted by atomic mass is 16.3. The molecule has 0 aliphatic rings. The molecule has 2 unspecified atom stereocenters. The van der Waals surface area contributed by atoms with Crippen LogP contribution in [0.4, 0.5) is 0 Å². The minimum absolute atomic E-state index is 0.0789.